The molecule has 0 radical (unpaired) electrons. The summed E-state index contributed by atoms with van der Waals surface area (Å²) in [6.07, 6.45) is 1.67. The summed E-state index contributed by atoms with van der Waals surface area (Å²) >= 11 is 1.67. The summed E-state index contributed by atoms with van der Waals surface area (Å²) in [5.41, 5.74) is 3.16. The number of aromatic amines is 1. The molecule has 0 atom stereocenters. The van der Waals surface area contributed by atoms with Crippen molar-refractivity contribution in [3.8, 4) is 5.69 Å². The van der Waals surface area contributed by atoms with Crippen LogP contribution in [0.25, 0.3) is 5.69 Å². The van der Waals surface area contributed by atoms with Gasteiger partial charge >= 0.3 is 5.69 Å². The van der Waals surface area contributed by atoms with Crippen molar-refractivity contribution in [2.75, 3.05) is 26.2 Å². The number of hydrogen-bond acceptors (Lipinski definition) is 5. The van der Waals surface area contributed by atoms with Gasteiger partial charge < -0.3 is 9.88 Å². The van der Waals surface area contributed by atoms with Crippen molar-refractivity contribution in [3.05, 3.63) is 68.3 Å². The zero-order valence-corrected chi connectivity index (χ0v) is 16.8. The van der Waals surface area contributed by atoms with Gasteiger partial charge in [-0.15, -0.1) is 11.3 Å². The normalized spacial score (nSPS) is 15.1. The van der Waals surface area contributed by atoms with Crippen LogP contribution in [0.4, 0.5) is 0 Å². The predicted octanol–water partition coefficient (Wildman–Crippen LogP) is 2.20. The summed E-state index contributed by atoms with van der Waals surface area (Å²) in [6, 6.07) is 7.22. The third kappa shape index (κ3) is 3.79. The molecule has 0 spiro atoms. The van der Waals surface area contributed by atoms with Gasteiger partial charge in [-0.25, -0.2) is 9.78 Å². The summed E-state index contributed by atoms with van der Waals surface area (Å²) in [6.45, 7) is 7.83. The lowest BCUT2D eigenvalue weighted by Crippen LogP contribution is -2.48. The molecule has 1 amide bonds. The van der Waals surface area contributed by atoms with E-state index < -0.39 is 0 Å². The van der Waals surface area contributed by atoms with Crippen LogP contribution in [0.3, 0.4) is 0 Å². The molecule has 1 fully saturated rings. The van der Waals surface area contributed by atoms with Gasteiger partial charge in [-0.3, -0.25) is 14.3 Å². The van der Waals surface area contributed by atoms with Gasteiger partial charge in [0.05, 0.1) is 16.4 Å². The van der Waals surface area contributed by atoms with E-state index in [0.717, 1.165) is 41.7 Å². The molecule has 3 aromatic rings. The highest BCUT2D eigenvalue weighted by atomic mass is 32.1. The topological polar surface area (TPSA) is 74.2 Å². The van der Waals surface area contributed by atoms with E-state index in [1.54, 1.807) is 34.2 Å². The SMILES string of the molecule is Cc1nc(CN2CCN(C(=O)c3ccc(-n4c(C)c[nH]c4=O)cc3)CC2)cs1. The summed E-state index contributed by atoms with van der Waals surface area (Å²) in [4.78, 5) is 36.1. The van der Waals surface area contributed by atoms with Gasteiger partial charge in [0, 0.05) is 55.6 Å². The quantitative estimate of drug-likeness (QED) is 0.732. The van der Waals surface area contributed by atoms with Crippen LogP contribution in [-0.2, 0) is 6.54 Å². The summed E-state index contributed by atoms with van der Waals surface area (Å²) < 4.78 is 1.59. The number of rotatable bonds is 4. The van der Waals surface area contributed by atoms with E-state index in [1.165, 1.54) is 0 Å². The second-order valence-electron chi connectivity index (χ2n) is 7.04. The van der Waals surface area contributed by atoms with Gasteiger partial charge in [0.1, 0.15) is 0 Å². The number of aromatic nitrogens is 3. The minimum atomic E-state index is -0.178. The van der Waals surface area contributed by atoms with Crippen LogP contribution in [0.1, 0.15) is 26.8 Å². The van der Waals surface area contributed by atoms with Gasteiger partial charge in [-0.05, 0) is 38.1 Å². The maximum absolute atomic E-state index is 12.8. The molecule has 28 heavy (non-hydrogen) atoms. The standard InChI is InChI=1S/C20H23N5O2S/c1-14-11-21-20(27)25(14)18-5-3-16(4-6-18)19(26)24-9-7-23(8-10-24)12-17-13-28-15(2)22-17/h3-6,11,13H,7-10,12H2,1-2H3,(H,21,27). The van der Waals surface area contributed by atoms with Gasteiger partial charge in [0.15, 0.2) is 0 Å². The van der Waals surface area contributed by atoms with E-state index in [-0.39, 0.29) is 11.6 Å². The average Bonchev–Trinajstić information content (AvgIpc) is 3.26. The lowest BCUT2D eigenvalue weighted by atomic mass is 10.1. The number of carbonyl (C=O) groups excluding carboxylic acids is 1. The molecule has 0 saturated carbocycles. The molecule has 0 aliphatic carbocycles. The molecule has 1 aliphatic heterocycles. The molecule has 7 nitrogen and oxygen atoms in total. The molecule has 1 aliphatic rings. The molecular formula is C20H23N5O2S. The second kappa shape index (κ2) is 7.73. The molecule has 2 aromatic heterocycles. The van der Waals surface area contributed by atoms with E-state index in [2.05, 4.69) is 20.2 Å². The van der Waals surface area contributed by atoms with Crippen molar-refractivity contribution < 1.29 is 4.79 Å². The first kappa shape index (κ1) is 18.6. The first-order chi connectivity index (χ1) is 13.5. The van der Waals surface area contributed by atoms with Crippen LogP contribution in [0.2, 0.25) is 0 Å². The number of H-pyrrole nitrogens is 1. The molecular weight excluding hydrogens is 374 g/mol. The Morgan fingerprint density at radius 1 is 1.14 bits per heavy atom. The molecule has 0 bridgehead atoms. The highest BCUT2D eigenvalue weighted by Gasteiger charge is 2.22. The van der Waals surface area contributed by atoms with E-state index in [1.807, 2.05) is 30.9 Å². The van der Waals surface area contributed by atoms with Crippen LogP contribution in [-0.4, -0.2) is 56.4 Å². The third-order valence-electron chi connectivity index (χ3n) is 5.04. The lowest BCUT2D eigenvalue weighted by Gasteiger charge is -2.34. The number of imidazole rings is 1. The van der Waals surface area contributed by atoms with Crippen LogP contribution in [0.15, 0.2) is 40.6 Å². The van der Waals surface area contributed by atoms with Crippen molar-refractivity contribution in [1.82, 2.24) is 24.3 Å². The van der Waals surface area contributed by atoms with Crippen LogP contribution < -0.4 is 5.69 Å². The number of amides is 1. The molecule has 0 unspecified atom stereocenters. The third-order valence-corrected chi connectivity index (χ3v) is 5.87. The van der Waals surface area contributed by atoms with E-state index in [4.69, 9.17) is 0 Å². The lowest BCUT2D eigenvalue weighted by molar-refractivity contribution is 0.0627. The maximum Gasteiger partial charge on any atom is 0.330 e. The largest absolute Gasteiger partial charge is 0.336 e. The number of benzene rings is 1. The number of nitrogens with one attached hydrogen (secondary N) is 1. The molecule has 1 N–H and O–H groups in total. The fourth-order valence-electron chi connectivity index (χ4n) is 3.53. The minimum absolute atomic E-state index is 0.0360. The predicted molar refractivity (Wildman–Crippen MR) is 109 cm³/mol. The van der Waals surface area contributed by atoms with Crippen molar-refractivity contribution >= 4 is 17.2 Å². The van der Waals surface area contributed by atoms with Crippen molar-refractivity contribution in [2.45, 2.75) is 20.4 Å². The number of piperazine rings is 1. The Hall–Kier alpha value is -2.71. The molecule has 1 aromatic carbocycles. The highest BCUT2D eigenvalue weighted by Crippen LogP contribution is 2.15. The first-order valence-electron chi connectivity index (χ1n) is 9.31. The maximum atomic E-state index is 12.8. The van der Waals surface area contributed by atoms with Crippen LogP contribution >= 0.6 is 11.3 Å². The Bertz CT molecular complexity index is 1030. The molecule has 8 heteroatoms. The fourth-order valence-corrected chi connectivity index (χ4v) is 4.13. The van der Waals surface area contributed by atoms with E-state index in [9.17, 15) is 9.59 Å². The number of thiazole rings is 1. The first-order valence-corrected chi connectivity index (χ1v) is 10.2. The van der Waals surface area contributed by atoms with Crippen LogP contribution in [0.5, 0.6) is 0 Å². The van der Waals surface area contributed by atoms with Gasteiger partial charge in [0.25, 0.3) is 5.91 Å². The molecule has 4 rings (SSSR count). The number of nitrogens with zero attached hydrogens (tertiary/aromatic N) is 4. The zero-order chi connectivity index (χ0) is 19.7. The smallest absolute Gasteiger partial charge is 0.330 e. The highest BCUT2D eigenvalue weighted by molar-refractivity contribution is 7.09. The number of carbonyl (C=O) groups is 1. The monoisotopic (exact) mass is 397 g/mol. The van der Waals surface area contributed by atoms with Gasteiger partial charge in [-0.1, -0.05) is 0 Å². The summed E-state index contributed by atoms with van der Waals surface area (Å²) in [5, 5.41) is 3.19. The zero-order valence-electron chi connectivity index (χ0n) is 16.0. The number of aryl methyl sites for hydroxylation is 2. The number of hydrogen-bond donors (Lipinski definition) is 1. The van der Waals surface area contributed by atoms with Gasteiger partial charge in [-0.2, -0.15) is 0 Å². The second-order valence-corrected chi connectivity index (χ2v) is 8.11. The summed E-state index contributed by atoms with van der Waals surface area (Å²) in [5.74, 6) is 0.0360. The molecule has 3 heterocycles. The van der Waals surface area contributed by atoms with Crippen molar-refractivity contribution in [1.29, 1.82) is 0 Å². The molecule has 1 saturated heterocycles. The molecule has 146 valence electrons. The Labute approximate surface area is 167 Å². The average molecular weight is 398 g/mol. The Morgan fingerprint density at radius 2 is 1.86 bits per heavy atom. The Morgan fingerprint density at radius 3 is 2.43 bits per heavy atom. The van der Waals surface area contributed by atoms with E-state index in [0.29, 0.717) is 18.7 Å². The summed E-state index contributed by atoms with van der Waals surface area (Å²) in [7, 11) is 0. The van der Waals surface area contributed by atoms with Crippen molar-refractivity contribution in [3.63, 3.8) is 0 Å². The van der Waals surface area contributed by atoms with Crippen LogP contribution in [0, 0.1) is 13.8 Å². The van der Waals surface area contributed by atoms with Gasteiger partial charge in [0.2, 0.25) is 0 Å². The van der Waals surface area contributed by atoms with Crippen molar-refractivity contribution in [2.24, 2.45) is 0 Å². The Balaban J connectivity index is 1.38. The minimum Gasteiger partial charge on any atom is -0.336 e. The van der Waals surface area contributed by atoms with E-state index >= 15 is 0 Å². The Kier molecular flexibility index (Phi) is 5.15. The fraction of sp³-hybridized carbons (Fsp3) is 0.350.